The van der Waals surface area contributed by atoms with Gasteiger partial charge in [-0.15, -0.1) is 5.10 Å². The molecule has 204 valence electrons. The Hall–Kier alpha value is -4.12. The van der Waals surface area contributed by atoms with E-state index in [0.29, 0.717) is 50.3 Å². The van der Waals surface area contributed by atoms with Gasteiger partial charge in [0.05, 0.1) is 31.6 Å². The first-order valence-electron chi connectivity index (χ1n) is 12.9. The van der Waals surface area contributed by atoms with E-state index in [0.717, 1.165) is 22.5 Å². The van der Waals surface area contributed by atoms with Crippen molar-refractivity contribution in [1.82, 2.24) is 14.8 Å². The van der Waals surface area contributed by atoms with Crippen LogP contribution in [-0.4, -0.2) is 65.7 Å². The standard InChI is InChI=1S/C29H32N4O6/c1-2-35-14-15-37-29-31-28(22-8-13-26-27(16-22)39-20-38-26)33(32-29)24-11-9-23(10-12-24)30-17-25(34)19-36-18-21-6-4-3-5-7-21/h3-13,16,25,30,34H,2,14-15,17-20H2,1H3. The maximum Gasteiger partial charge on any atom is 0.336 e. The third-order valence-electron chi connectivity index (χ3n) is 5.96. The number of aromatic nitrogens is 3. The Morgan fingerprint density at radius 3 is 2.62 bits per heavy atom. The number of fused-ring (bicyclic) bond motifs is 1. The Morgan fingerprint density at radius 1 is 0.974 bits per heavy atom. The summed E-state index contributed by atoms with van der Waals surface area (Å²) < 4.78 is 29.4. The lowest BCUT2D eigenvalue weighted by Crippen LogP contribution is -2.24. The minimum atomic E-state index is -0.641. The van der Waals surface area contributed by atoms with Crippen molar-refractivity contribution < 1.29 is 28.8 Å². The van der Waals surface area contributed by atoms with Crippen molar-refractivity contribution >= 4 is 5.69 Å². The summed E-state index contributed by atoms with van der Waals surface area (Å²) in [6.07, 6.45) is -0.641. The normalized spacial score (nSPS) is 12.9. The molecule has 1 aliphatic heterocycles. The van der Waals surface area contributed by atoms with Crippen molar-refractivity contribution in [2.45, 2.75) is 19.6 Å². The second kappa shape index (κ2) is 13.1. The van der Waals surface area contributed by atoms with E-state index in [1.54, 1.807) is 4.68 Å². The van der Waals surface area contributed by atoms with E-state index in [9.17, 15) is 5.11 Å². The lowest BCUT2D eigenvalue weighted by molar-refractivity contribution is 0.0348. The predicted molar refractivity (Wildman–Crippen MR) is 146 cm³/mol. The minimum Gasteiger partial charge on any atom is -0.460 e. The molecule has 0 bridgehead atoms. The molecule has 39 heavy (non-hydrogen) atoms. The van der Waals surface area contributed by atoms with Crippen LogP contribution in [0.4, 0.5) is 5.69 Å². The summed E-state index contributed by atoms with van der Waals surface area (Å²) in [7, 11) is 0. The number of hydrogen-bond donors (Lipinski definition) is 2. The second-order valence-electron chi connectivity index (χ2n) is 8.83. The molecular formula is C29H32N4O6. The summed E-state index contributed by atoms with van der Waals surface area (Å²) in [4.78, 5) is 4.63. The Bertz CT molecular complexity index is 1330. The van der Waals surface area contributed by atoms with Crippen molar-refractivity contribution in [1.29, 1.82) is 0 Å². The highest BCUT2D eigenvalue weighted by Crippen LogP contribution is 2.36. The average Bonchev–Trinajstić information content (AvgIpc) is 3.62. The van der Waals surface area contributed by atoms with Crippen LogP contribution < -0.4 is 19.5 Å². The van der Waals surface area contributed by atoms with Gasteiger partial charge in [-0.25, -0.2) is 4.68 Å². The fourth-order valence-electron chi connectivity index (χ4n) is 4.00. The molecule has 5 rings (SSSR count). The number of aliphatic hydroxyl groups excluding tert-OH is 1. The van der Waals surface area contributed by atoms with Gasteiger partial charge in [-0.2, -0.15) is 4.98 Å². The number of benzene rings is 3. The van der Waals surface area contributed by atoms with Crippen LogP contribution in [0.2, 0.25) is 0 Å². The molecule has 10 heteroatoms. The summed E-state index contributed by atoms with van der Waals surface area (Å²) in [6.45, 7) is 4.61. The molecule has 1 atom stereocenters. The number of nitrogens with one attached hydrogen (secondary N) is 1. The predicted octanol–water partition coefficient (Wildman–Crippen LogP) is 4.07. The summed E-state index contributed by atoms with van der Waals surface area (Å²) >= 11 is 0. The van der Waals surface area contributed by atoms with E-state index in [-0.39, 0.29) is 19.4 Å². The summed E-state index contributed by atoms with van der Waals surface area (Å²) in [5.74, 6) is 1.96. The van der Waals surface area contributed by atoms with Gasteiger partial charge in [-0.1, -0.05) is 30.3 Å². The first kappa shape index (κ1) is 26.5. The first-order valence-corrected chi connectivity index (χ1v) is 12.9. The summed E-state index contributed by atoms with van der Waals surface area (Å²) in [5.41, 5.74) is 3.54. The van der Waals surface area contributed by atoms with Crippen LogP contribution in [0.5, 0.6) is 17.5 Å². The number of ether oxygens (including phenoxy) is 5. The highest BCUT2D eigenvalue weighted by molar-refractivity contribution is 5.64. The molecule has 0 saturated carbocycles. The largest absolute Gasteiger partial charge is 0.460 e. The van der Waals surface area contributed by atoms with E-state index < -0.39 is 6.10 Å². The molecular weight excluding hydrogens is 500 g/mol. The van der Waals surface area contributed by atoms with Crippen molar-refractivity contribution in [3.05, 3.63) is 78.4 Å². The van der Waals surface area contributed by atoms with E-state index in [4.69, 9.17) is 23.7 Å². The molecule has 3 aromatic carbocycles. The molecule has 1 aromatic heterocycles. The maximum absolute atomic E-state index is 10.3. The molecule has 0 radical (unpaired) electrons. The molecule has 0 saturated heterocycles. The van der Waals surface area contributed by atoms with Gasteiger partial charge < -0.3 is 34.1 Å². The minimum absolute atomic E-state index is 0.194. The van der Waals surface area contributed by atoms with E-state index >= 15 is 0 Å². The molecule has 0 spiro atoms. The van der Waals surface area contributed by atoms with Gasteiger partial charge in [0, 0.05) is 24.4 Å². The van der Waals surface area contributed by atoms with Crippen LogP contribution in [0.25, 0.3) is 17.1 Å². The van der Waals surface area contributed by atoms with E-state index in [1.165, 1.54) is 0 Å². The molecule has 4 aromatic rings. The van der Waals surface area contributed by atoms with Gasteiger partial charge in [-0.3, -0.25) is 0 Å². The zero-order valence-electron chi connectivity index (χ0n) is 21.8. The van der Waals surface area contributed by atoms with Crippen LogP contribution in [0.15, 0.2) is 72.8 Å². The average molecular weight is 533 g/mol. The monoisotopic (exact) mass is 532 g/mol. The molecule has 10 nitrogen and oxygen atoms in total. The molecule has 1 aliphatic rings. The van der Waals surface area contributed by atoms with Crippen molar-refractivity contribution in [2.24, 2.45) is 0 Å². The lowest BCUT2D eigenvalue weighted by atomic mass is 10.2. The summed E-state index contributed by atoms with van der Waals surface area (Å²) in [5, 5.41) is 18.1. The van der Waals surface area contributed by atoms with Crippen LogP contribution in [0.1, 0.15) is 12.5 Å². The quantitative estimate of drug-likeness (QED) is 0.232. The Morgan fingerprint density at radius 2 is 1.79 bits per heavy atom. The zero-order valence-corrected chi connectivity index (χ0v) is 21.8. The Labute approximate surface area is 227 Å². The third kappa shape index (κ3) is 7.05. The number of rotatable bonds is 14. The van der Waals surface area contributed by atoms with Gasteiger partial charge in [0.2, 0.25) is 6.79 Å². The maximum atomic E-state index is 10.3. The molecule has 2 heterocycles. The van der Waals surface area contributed by atoms with Crippen LogP contribution >= 0.6 is 0 Å². The molecule has 0 aliphatic carbocycles. The Balaban J connectivity index is 1.24. The van der Waals surface area contributed by atoms with Gasteiger partial charge in [0.1, 0.15) is 6.61 Å². The topological polar surface area (TPSA) is 109 Å². The molecule has 0 amide bonds. The van der Waals surface area contributed by atoms with Crippen LogP contribution in [0, 0.1) is 0 Å². The van der Waals surface area contributed by atoms with Gasteiger partial charge >= 0.3 is 6.01 Å². The van der Waals surface area contributed by atoms with E-state index in [1.807, 2.05) is 79.7 Å². The number of hydrogen-bond acceptors (Lipinski definition) is 9. The van der Waals surface area contributed by atoms with Crippen molar-refractivity contribution in [2.75, 3.05) is 45.1 Å². The number of aliphatic hydroxyl groups is 1. The first-order chi connectivity index (χ1) is 19.2. The highest BCUT2D eigenvalue weighted by atomic mass is 16.7. The second-order valence-corrected chi connectivity index (χ2v) is 8.83. The smallest absolute Gasteiger partial charge is 0.336 e. The zero-order chi connectivity index (χ0) is 26.9. The van der Waals surface area contributed by atoms with Crippen molar-refractivity contribution in [3.8, 4) is 34.6 Å². The summed E-state index contributed by atoms with van der Waals surface area (Å²) in [6, 6.07) is 23.5. The number of nitrogens with zero attached hydrogens (tertiary/aromatic N) is 3. The Kier molecular flexibility index (Phi) is 8.90. The van der Waals surface area contributed by atoms with Gasteiger partial charge in [-0.05, 0) is 55.0 Å². The third-order valence-corrected chi connectivity index (χ3v) is 5.96. The fraction of sp³-hybridized carbons (Fsp3) is 0.310. The molecule has 2 N–H and O–H groups in total. The molecule has 1 unspecified atom stereocenters. The van der Waals surface area contributed by atoms with E-state index in [2.05, 4.69) is 15.4 Å². The van der Waals surface area contributed by atoms with Crippen LogP contribution in [0.3, 0.4) is 0 Å². The SMILES string of the molecule is CCOCCOc1nc(-c2ccc3c(c2)OCO3)n(-c2ccc(NCC(O)COCc3ccccc3)cc2)n1. The van der Waals surface area contributed by atoms with Crippen LogP contribution in [-0.2, 0) is 16.1 Å². The molecule has 0 fully saturated rings. The number of anilines is 1. The fourth-order valence-corrected chi connectivity index (χ4v) is 4.00. The van der Waals surface area contributed by atoms with Gasteiger partial charge in [0.25, 0.3) is 0 Å². The lowest BCUT2D eigenvalue weighted by Gasteiger charge is -2.14. The van der Waals surface area contributed by atoms with Gasteiger partial charge in [0.15, 0.2) is 17.3 Å². The highest BCUT2D eigenvalue weighted by Gasteiger charge is 2.19. The van der Waals surface area contributed by atoms with Crippen molar-refractivity contribution in [3.63, 3.8) is 0 Å².